The number of carbonyl (C=O) groups excluding carboxylic acids is 2. The summed E-state index contributed by atoms with van der Waals surface area (Å²) in [6, 6.07) is 1.69. The van der Waals surface area contributed by atoms with E-state index in [9.17, 15) is 14.7 Å². The van der Waals surface area contributed by atoms with Gasteiger partial charge in [0.05, 0.1) is 11.7 Å². The van der Waals surface area contributed by atoms with Gasteiger partial charge in [0.25, 0.3) is 0 Å². The standard InChI is InChI=1S/C9H6I3NO3.Na.H2O/c1-3(14)13-8-5(11)2-4(10)6(7(8)12)9(15)16;;/h2H,1H3,(H,13,14)(H,15,16);;1H2/q;+1;/p-1. The zero-order valence-electron chi connectivity index (χ0n) is 9.44. The van der Waals surface area contributed by atoms with Crippen LogP contribution in [-0.2, 0) is 4.79 Å². The summed E-state index contributed by atoms with van der Waals surface area (Å²) in [4.78, 5) is 22.0. The summed E-state index contributed by atoms with van der Waals surface area (Å²) in [6.07, 6.45) is 0. The molecule has 1 amide bonds. The molecular formula is C9H7I3NNaO4. The van der Waals surface area contributed by atoms with Crippen molar-refractivity contribution >= 4 is 85.3 Å². The van der Waals surface area contributed by atoms with Gasteiger partial charge in [0.2, 0.25) is 5.91 Å². The van der Waals surface area contributed by atoms with Gasteiger partial charge in [0.15, 0.2) is 0 Å². The van der Waals surface area contributed by atoms with Gasteiger partial charge in [-0.15, -0.1) is 0 Å². The number of aromatic carboxylic acids is 1. The molecule has 3 N–H and O–H groups in total. The fourth-order valence-electron chi connectivity index (χ4n) is 1.07. The van der Waals surface area contributed by atoms with Gasteiger partial charge >= 0.3 is 29.6 Å². The number of hydrogen-bond acceptors (Lipinski definition) is 3. The molecule has 0 heterocycles. The average Bonchev–Trinajstić information content (AvgIpc) is 2.10. The van der Waals surface area contributed by atoms with Crippen LogP contribution in [0.15, 0.2) is 6.07 Å². The van der Waals surface area contributed by atoms with E-state index in [1.807, 2.05) is 67.8 Å². The number of carboxylic acids is 1. The van der Waals surface area contributed by atoms with E-state index in [4.69, 9.17) is 0 Å². The maximum absolute atomic E-state index is 11.0. The predicted octanol–water partition coefficient (Wildman–Crippen LogP) is -2.00. The van der Waals surface area contributed by atoms with Crippen LogP contribution in [0, 0.1) is 10.7 Å². The van der Waals surface area contributed by atoms with Gasteiger partial charge in [-0.25, -0.2) is 0 Å². The van der Waals surface area contributed by atoms with Crippen molar-refractivity contribution in [2.75, 3.05) is 5.32 Å². The number of amides is 1. The molecular weight excluding hydrogens is 590 g/mol. The first-order chi connectivity index (χ1) is 7.34. The monoisotopic (exact) mass is 597 g/mol. The molecule has 5 nitrogen and oxygen atoms in total. The molecule has 94 valence electrons. The molecule has 0 aliphatic carbocycles. The van der Waals surface area contributed by atoms with Crippen molar-refractivity contribution in [3.63, 3.8) is 0 Å². The Balaban J connectivity index is 0. The maximum atomic E-state index is 11.0. The summed E-state index contributed by atoms with van der Waals surface area (Å²) in [5.74, 6) is -1.47. The van der Waals surface area contributed by atoms with Crippen molar-refractivity contribution in [2.24, 2.45) is 0 Å². The van der Waals surface area contributed by atoms with Crippen molar-refractivity contribution in [3.8, 4) is 0 Å². The normalized spacial score (nSPS) is 8.89. The zero-order valence-corrected chi connectivity index (χ0v) is 17.9. The Kier molecular flexibility index (Phi) is 11.1. The van der Waals surface area contributed by atoms with Crippen LogP contribution in [-0.4, -0.2) is 17.4 Å². The van der Waals surface area contributed by atoms with E-state index < -0.39 is 5.97 Å². The Morgan fingerprint density at radius 3 is 2.11 bits per heavy atom. The summed E-state index contributed by atoms with van der Waals surface area (Å²) >= 11 is 5.88. The molecule has 9 heteroatoms. The summed E-state index contributed by atoms with van der Waals surface area (Å²) in [6.45, 7) is 1.38. The zero-order chi connectivity index (χ0) is 12.5. The quantitative estimate of drug-likeness (QED) is 0.316. The molecule has 1 aromatic carbocycles. The van der Waals surface area contributed by atoms with Gasteiger partial charge in [0.1, 0.15) is 0 Å². The predicted molar refractivity (Wildman–Crippen MR) is 86.8 cm³/mol. The van der Waals surface area contributed by atoms with Gasteiger partial charge in [-0.3, -0.25) is 4.79 Å². The summed E-state index contributed by atoms with van der Waals surface area (Å²) < 4.78 is 1.89. The van der Waals surface area contributed by atoms with E-state index in [-0.39, 0.29) is 46.5 Å². The first kappa shape index (κ1) is 21.6. The largest absolute Gasteiger partial charge is 1.00 e. The van der Waals surface area contributed by atoms with Gasteiger partial charge < -0.3 is 20.7 Å². The number of carboxylic acid groups (broad SMARTS) is 1. The van der Waals surface area contributed by atoms with Gasteiger partial charge in [-0.2, -0.15) is 0 Å². The third kappa shape index (κ3) is 5.36. The second-order valence-corrected chi connectivity index (χ2v) is 6.28. The average molecular weight is 597 g/mol. The van der Waals surface area contributed by atoms with E-state index in [1.165, 1.54) is 6.92 Å². The number of anilines is 1. The van der Waals surface area contributed by atoms with Crippen molar-refractivity contribution in [3.05, 3.63) is 22.3 Å². The number of carbonyl (C=O) groups is 2. The number of rotatable bonds is 2. The van der Waals surface area contributed by atoms with Crippen LogP contribution >= 0.6 is 67.8 Å². The number of hydrogen-bond donors (Lipinski definition) is 1. The molecule has 1 aromatic rings. The molecule has 0 unspecified atom stereocenters. The van der Waals surface area contributed by atoms with Crippen LogP contribution in [0.3, 0.4) is 0 Å². The second-order valence-electron chi connectivity index (χ2n) is 2.87. The minimum Gasteiger partial charge on any atom is -0.545 e. The van der Waals surface area contributed by atoms with E-state index in [0.29, 0.717) is 12.8 Å². The van der Waals surface area contributed by atoms with Crippen LogP contribution in [0.25, 0.3) is 0 Å². The van der Waals surface area contributed by atoms with Crippen molar-refractivity contribution in [1.82, 2.24) is 0 Å². The van der Waals surface area contributed by atoms with E-state index >= 15 is 0 Å². The molecule has 0 aliphatic heterocycles. The fraction of sp³-hybridized carbons (Fsp3) is 0.111. The van der Waals surface area contributed by atoms with Crippen LogP contribution in [0.2, 0.25) is 0 Å². The molecule has 0 spiro atoms. The molecule has 0 fully saturated rings. The van der Waals surface area contributed by atoms with Crippen LogP contribution in [0.1, 0.15) is 17.3 Å². The topological polar surface area (TPSA) is 101 Å². The summed E-state index contributed by atoms with van der Waals surface area (Å²) in [7, 11) is 0. The van der Waals surface area contributed by atoms with Gasteiger partial charge in [-0.1, -0.05) is 0 Å². The third-order valence-corrected chi connectivity index (χ3v) is 4.46. The van der Waals surface area contributed by atoms with E-state index in [1.54, 1.807) is 6.07 Å². The van der Waals surface area contributed by atoms with Crippen LogP contribution in [0.4, 0.5) is 5.69 Å². The Morgan fingerprint density at radius 1 is 1.22 bits per heavy atom. The molecule has 0 atom stereocenters. The summed E-state index contributed by atoms with van der Waals surface area (Å²) in [5, 5.41) is 13.6. The van der Waals surface area contributed by atoms with Gasteiger partial charge in [0, 0.05) is 23.2 Å². The molecule has 18 heavy (non-hydrogen) atoms. The Labute approximate surface area is 167 Å². The molecule has 1 rings (SSSR count). The van der Waals surface area contributed by atoms with E-state index in [2.05, 4.69) is 5.32 Å². The number of benzene rings is 1. The molecule has 0 bridgehead atoms. The molecule has 0 aliphatic rings. The summed E-state index contributed by atoms with van der Waals surface area (Å²) in [5.41, 5.74) is 0.638. The maximum Gasteiger partial charge on any atom is 1.00 e. The second kappa shape index (κ2) is 9.28. The van der Waals surface area contributed by atoms with Crippen LogP contribution < -0.4 is 40.0 Å². The van der Waals surface area contributed by atoms with Crippen molar-refractivity contribution in [2.45, 2.75) is 6.92 Å². The van der Waals surface area contributed by atoms with E-state index in [0.717, 1.165) is 3.57 Å². The minimum atomic E-state index is -1.24. The van der Waals surface area contributed by atoms with Crippen LogP contribution in [0.5, 0.6) is 0 Å². The Bertz CT molecular complexity index is 481. The number of halogens is 3. The Hall–Kier alpha value is 1.31. The molecule has 0 radical (unpaired) electrons. The fourth-order valence-corrected chi connectivity index (χ4v) is 5.15. The smallest absolute Gasteiger partial charge is 0.545 e. The molecule has 0 aromatic heterocycles. The first-order valence-electron chi connectivity index (χ1n) is 4.01. The Morgan fingerprint density at radius 2 is 1.72 bits per heavy atom. The molecule has 0 saturated carbocycles. The molecule has 0 saturated heterocycles. The van der Waals surface area contributed by atoms with Crippen molar-refractivity contribution in [1.29, 1.82) is 0 Å². The van der Waals surface area contributed by atoms with Crippen molar-refractivity contribution < 1.29 is 49.7 Å². The number of nitrogens with one attached hydrogen (secondary N) is 1. The first-order valence-corrected chi connectivity index (χ1v) is 7.24. The van der Waals surface area contributed by atoms with Gasteiger partial charge in [-0.05, 0) is 73.8 Å². The third-order valence-electron chi connectivity index (χ3n) is 1.68. The minimum absolute atomic E-state index is 0. The SMILES string of the molecule is CC(=O)Nc1c(I)cc(I)c(C(=O)[O-])c1I.O.[Na+].